The van der Waals surface area contributed by atoms with Gasteiger partial charge in [-0.1, -0.05) is 0 Å². The van der Waals surface area contributed by atoms with Crippen LogP contribution in [0.1, 0.15) is 27.0 Å². The Morgan fingerprint density at radius 2 is 1.21 bits per heavy atom. The third-order valence-corrected chi connectivity index (χ3v) is 11.6. The van der Waals surface area contributed by atoms with Crippen LogP contribution in [0, 0.1) is 0 Å². The number of aliphatic hydroxyl groups is 4. The molecule has 0 aromatic carbocycles. The van der Waals surface area contributed by atoms with Crippen LogP contribution in [-0.2, 0) is 71.1 Å². The molecule has 11 amide bonds. The van der Waals surface area contributed by atoms with Crippen LogP contribution < -0.4 is 64.6 Å². The van der Waals surface area contributed by atoms with Crippen molar-refractivity contribution in [3.05, 3.63) is 12.7 Å². The molecule has 2 aromatic rings. The maximum absolute atomic E-state index is 13.6. The van der Waals surface area contributed by atoms with Crippen LogP contribution in [0.5, 0.6) is 0 Å². The van der Waals surface area contributed by atoms with Crippen molar-refractivity contribution in [1.82, 2.24) is 72.7 Å². The number of ether oxygens (including phenoxy) is 1. The van der Waals surface area contributed by atoms with Crippen molar-refractivity contribution in [2.75, 3.05) is 64.1 Å². The number of thiol groups is 1. The van der Waals surface area contributed by atoms with Gasteiger partial charge in [0.2, 0.25) is 65.0 Å². The molecule has 1 fully saturated rings. The number of fused-ring (bicyclic) bond motifs is 1. The molecule has 76 heavy (non-hydrogen) atoms. The number of rotatable bonds is 30. The minimum Gasteiger partial charge on any atom is -0.394 e. The maximum atomic E-state index is 13.6. The molecule has 1 saturated heterocycles. The van der Waals surface area contributed by atoms with Gasteiger partial charge in [0.05, 0.1) is 58.9 Å². The molecule has 0 radical (unpaired) electrons. The number of imidazole rings is 1. The van der Waals surface area contributed by atoms with Crippen LogP contribution in [0.25, 0.3) is 11.2 Å². The fourth-order valence-electron chi connectivity index (χ4n) is 6.18. The maximum Gasteiger partial charge on any atom is 0.472 e. The quantitative estimate of drug-likeness (QED) is 0.0255. The number of anilines is 1. The highest BCUT2D eigenvalue weighted by atomic mass is 32.1. The number of aromatic nitrogens is 4. The fourth-order valence-corrected chi connectivity index (χ4v) is 7.20. The van der Waals surface area contributed by atoms with Gasteiger partial charge in [0, 0.05) is 12.7 Å². The molecule has 0 spiro atoms. The Bertz CT molecular complexity index is 2510. The standard InChI is InChI=1S/C38H59N16O20PS/c1-15(33(65)42-6-25(60)51-19(9-56)36(68)44-7-26(61)52-21(12-76)31(40)64)49-37(69)20(53-34(66)16(2)48-23(58)5-43-35(67)18(8-55)50-24(59)4-41-17(3)57)10-72-75(70,71)73-11-22-28(62)29(63)38(74-22)54-14-47-27-30(39)45-13-46-32(27)54/h13-16,18-22,28-29,38,55-56,62-63,76H,4-12H2,1-3H3,(H2,40,64)(H,41,57)(H,42,65)(H,43,67)(H,44,68)(H,48,58)(H,49,69)(H,50,59)(H,51,60)(H,52,61)(H,53,66)(H,70,71)(H2,39,45,46)/t15-,16-,18-,19-,20-,21-,22+,28+,29+,38+/m0/s1. The first-order chi connectivity index (χ1) is 35.7. The average molecular weight is 1120 g/mol. The largest absolute Gasteiger partial charge is 0.472 e. The Balaban J connectivity index is 1.66. The molecule has 1 aliphatic heterocycles. The van der Waals surface area contributed by atoms with Gasteiger partial charge in [0.15, 0.2) is 17.7 Å². The number of nitrogens with two attached hydrogens (primary N) is 2. The molecule has 3 rings (SSSR count). The molecule has 0 saturated carbocycles. The monoisotopic (exact) mass is 1120 g/mol. The predicted octanol–water partition coefficient (Wildman–Crippen LogP) is -11.0. The zero-order chi connectivity index (χ0) is 57.0. The van der Waals surface area contributed by atoms with E-state index in [2.05, 4.69) is 80.7 Å². The number of carbonyl (C=O) groups excluding carboxylic acids is 11. The Morgan fingerprint density at radius 1 is 0.697 bits per heavy atom. The molecular weight excluding hydrogens is 1060 g/mol. The molecule has 1 aliphatic rings. The molecule has 36 nitrogen and oxygen atoms in total. The molecule has 422 valence electrons. The number of phosphoric acid groups is 1. The second-order valence-electron chi connectivity index (χ2n) is 16.1. The van der Waals surface area contributed by atoms with E-state index in [-0.39, 0.29) is 22.7 Å². The Morgan fingerprint density at radius 3 is 1.74 bits per heavy atom. The van der Waals surface area contributed by atoms with E-state index in [9.17, 15) is 82.6 Å². The van der Waals surface area contributed by atoms with E-state index in [1.165, 1.54) is 10.9 Å². The number of amides is 11. The summed E-state index contributed by atoms with van der Waals surface area (Å²) in [6, 6.07) is -9.53. The number of hydrogen-bond donors (Lipinski definition) is 18. The highest BCUT2D eigenvalue weighted by Gasteiger charge is 2.46. The number of phosphoric ester groups is 1. The van der Waals surface area contributed by atoms with E-state index in [1.807, 2.05) is 0 Å². The summed E-state index contributed by atoms with van der Waals surface area (Å²) in [5.74, 6) is -11.1. The van der Waals surface area contributed by atoms with Crippen molar-refractivity contribution in [2.45, 2.75) is 81.6 Å². The van der Waals surface area contributed by atoms with Gasteiger partial charge < -0.3 is 94.7 Å². The average Bonchev–Trinajstić information content (AvgIpc) is 3.93. The SMILES string of the molecule is CC(=O)NCC(=O)N[C@@H](CO)C(=O)NCC(=O)N[C@@H](C)C(=O)N[C@@H](COP(=O)(O)OC[C@H]1O[C@@H](n2cnc3c(N)ncnc32)[C@H](O)[C@@H]1O)C(=O)N[C@@H](C)C(=O)NCC(=O)N[C@@H](CO)C(=O)NCC(=O)N[C@@H](CS)C(N)=O. The lowest BCUT2D eigenvalue weighted by molar-refractivity contribution is -0.134. The summed E-state index contributed by atoms with van der Waals surface area (Å²) in [5.41, 5.74) is 11.2. The molecule has 11 atom stereocenters. The summed E-state index contributed by atoms with van der Waals surface area (Å²) < 4.78 is 30.0. The highest BCUT2D eigenvalue weighted by molar-refractivity contribution is 7.80. The second-order valence-corrected chi connectivity index (χ2v) is 18.0. The lowest BCUT2D eigenvalue weighted by Gasteiger charge is -2.24. The number of nitrogen functional groups attached to an aromatic ring is 1. The van der Waals surface area contributed by atoms with E-state index in [4.69, 9.17) is 25.3 Å². The minimum atomic E-state index is -5.31. The Kier molecular flexibility index (Phi) is 24.7. The van der Waals surface area contributed by atoms with Crippen molar-refractivity contribution < 1.29 is 96.4 Å². The van der Waals surface area contributed by atoms with Crippen molar-refractivity contribution in [2.24, 2.45) is 5.73 Å². The van der Waals surface area contributed by atoms with Crippen LogP contribution in [0.4, 0.5) is 5.82 Å². The molecule has 0 bridgehead atoms. The summed E-state index contributed by atoms with van der Waals surface area (Å²) in [7, 11) is -5.31. The second kappa shape index (κ2) is 29.8. The normalized spacial score (nSPS) is 19.1. The number of nitrogens with one attached hydrogen (secondary N) is 10. The van der Waals surface area contributed by atoms with Gasteiger partial charge in [-0.05, 0) is 13.8 Å². The van der Waals surface area contributed by atoms with Crippen LogP contribution in [0.15, 0.2) is 12.7 Å². The molecule has 1 unspecified atom stereocenters. The number of hydrogen-bond acceptors (Lipinski definition) is 24. The van der Waals surface area contributed by atoms with Crippen molar-refractivity contribution in [3.63, 3.8) is 0 Å². The molecule has 19 N–H and O–H groups in total. The molecule has 38 heteroatoms. The van der Waals surface area contributed by atoms with Crippen LogP contribution in [0.3, 0.4) is 0 Å². The topological polar surface area (TPSA) is 550 Å². The lowest BCUT2D eigenvalue weighted by Crippen LogP contribution is -2.58. The zero-order valence-electron chi connectivity index (χ0n) is 40.5. The first kappa shape index (κ1) is 63.1. The summed E-state index contributed by atoms with van der Waals surface area (Å²) in [6.07, 6.45) is -4.02. The fraction of sp³-hybridized carbons (Fsp3) is 0.579. The van der Waals surface area contributed by atoms with Crippen molar-refractivity contribution >= 4 is 102 Å². The van der Waals surface area contributed by atoms with Gasteiger partial charge in [-0.3, -0.25) is 66.4 Å². The summed E-state index contributed by atoms with van der Waals surface area (Å²) in [5, 5.41) is 62.1. The molecule has 0 aliphatic carbocycles. The summed E-state index contributed by atoms with van der Waals surface area (Å²) in [6.45, 7) is -3.67. The third kappa shape index (κ3) is 19.5. The van der Waals surface area contributed by atoms with Crippen molar-refractivity contribution in [1.29, 1.82) is 0 Å². The summed E-state index contributed by atoms with van der Waals surface area (Å²) in [4.78, 5) is 159. The van der Waals surface area contributed by atoms with Gasteiger partial charge in [-0.2, -0.15) is 12.6 Å². The Labute approximate surface area is 434 Å². The van der Waals surface area contributed by atoms with Crippen molar-refractivity contribution in [3.8, 4) is 0 Å². The van der Waals surface area contributed by atoms with Gasteiger partial charge >= 0.3 is 7.82 Å². The van der Waals surface area contributed by atoms with E-state index in [0.29, 0.717) is 0 Å². The number of nitrogens with zero attached hydrogens (tertiary/aromatic N) is 4. The predicted molar refractivity (Wildman–Crippen MR) is 255 cm³/mol. The molecule has 3 heterocycles. The number of carbonyl (C=O) groups is 11. The van der Waals surface area contributed by atoms with E-state index >= 15 is 0 Å². The third-order valence-electron chi connectivity index (χ3n) is 10.3. The smallest absolute Gasteiger partial charge is 0.394 e. The highest BCUT2D eigenvalue weighted by Crippen LogP contribution is 2.44. The van der Waals surface area contributed by atoms with Crippen LogP contribution in [-0.4, -0.2) is 223 Å². The Hall–Kier alpha value is -7.22. The van der Waals surface area contributed by atoms with E-state index in [1.54, 1.807) is 0 Å². The minimum absolute atomic E-state index is 0.00930. The van der Waals surface area contributed by atoms with Gasteiger partial charge in [0.25, 0.3) is 0 Å². The molecular formula is C38H59N16O20PS. The lowest BCUT2D eigenvalue weighted by atomic mass is 10.1. The zero-order valence-corrected chi connectivity index (χ0v) is 42.3. The van der Waals surface area contributed by atoms with E-state index < -0.39 is 186 Å². The number of primary amides is 1. The van der Waals surface area contributed by atoms with E-state index in [0.717, 1.165) is 27.1 Å². The molecule has 2 aromatic heterocycles. The van der Waals surface area contributed by atoms with Crippen LogP contribution in [0.2, 0.25) is 0 Å². The van der Waals surface area contributed by atoms with Gasteiger partial charge in [-0.15, -0.1) is 0 Å². The summed E-state index contributed by atoms with van der Waals surface area (Å²) >= 11 is 3.87. The van der Waals surface area contributed by atoms with Gasteiger partial charge in [0.1, 0.15) is 66.4 Å². The first-order valence-corrected chi connectivity index (χ1v) is 24.4. The van der Waals surface area contributed by atoms with Gasteiger partial charge in [-0.25, -0.2) is 19.5 Å². The number of aliphatic hydroxyl groups excluding tert-OH is 4. The van der Waals surface area contributed by atoms with Crippen LogP contribution >= 0.6 is 20.5 Å². The first-order valence-electron chi connectivity index (χ1n) is 22.3.